The number of methoxy groups -OCH3 is 1. The predicted molar refractivity (Wildman–Crippen MR) is 85.1 cm³/mol. The zero-order chi connectivity index (χ0) is 14.7. The van der Waals surface area contributed by atoms with Gasteiger partial charge in [0.1, 0.15) is 23.0 Å². The fourth-order valence-corrected chi connectivity index (χ4v) is 2.70. The lowest BCUT2D eigenvalue weighted by molar-refractivity contribution is 0.415. The summed E-state index contributed by atoms with van der Waals surface area (Å²) in [6.45, 7) is 4.11. The maximum absolute atomic E-state index is 6.16. The summed E-state index contributed by atoms with van der Waals surface area (Å²) < 4.78 is 6.17. The van der Waals surface area contributed by atoms with E-state index in [1.54, 1.807) is 7.11 Å². The van der Waals surface area contributed by atoms with Crippen LogP contribution >= 0.6 is 27.5 Å². The van der Waals surface area contributed by atoms with Crippen LogP contribution in [0.5, 0.6) is 5.75 Å². The van der Waals surface area contributed by atoms with Crippen molar-refractivity contribution in [1.29, 1.82) is 0 Å². The zero-order valence-corrected chi connectivity index (χ0v) is 13.8. The third-order valence-corrected chi connectivity index (χ3v) is 3.54. The van der Waals surface area contributed by atoms with Crippen molar-refractivity contribution in [2.45, 2.75) is 19.8 Å². The first-order chi connectivity index (χ1) is 9.51. The number of ether oxygens (including phenoxy) is 1. The number of nitrogens with one attached hydrogen (secondary N) is 1. The average Bonchev–Trinajstić information content (AvgIpc) is 2.37. The van der Waals surface area contributed by atoms with Crippen molar-refractivity contribution >= 4 is 39.0 Å². The van der Waals surface area contributed by atoms with Crippen molar-refractivity contribution in [1.82, 2.24) is 9.97 Å². The summed E-state index contributed by atoms with van der Waals surface area (Å²) in [6.07, 6.45) is 1.45. The largest absolute Gasteiger partial charge is 0.497 e. The molecule has 0 amide bonds. The number of rotatable bonds is 4. The number of halogens is 2. The minimum Gasteiger partial charge on any atom is -0.497 e. The number of aromatic nitrogens is 2. The third-order valence-electron chi connectivity index (χ3n) is 2.78. The first kappa shape index (κ1) is 15.1. The molecule has 106 valence electrons. The van der Waals surface area contributed by atoms with Crippen molar-refractivity contribution in [3.8, 4) is 5.75 Å². The monoisotopic (exact) mass is 355 g/mol. The van der Waals surface area contributed by atoms with Crippen LogP contribution in [-0.4, -0.2) is 17.1 Å². The molecule has 0 radical (unpaired) electrons. The Morgan fingerprint density at radius 1 is 1.25 bits per heavy atom. The number of hydrogen-bond donors (Lipinski definition) is 1. The molecule has 6 heteroatoms. The van der Waals surface area contributed by atoms with Crippen LogP contribution in [0.15, 0.2) is 29.0 Å². The Labute approximate surface area is 131 Å². The number of benzene rings is 1. The van der Waals surface area contributed by atoms with Gasteiger partial charge in [0.15, 0.2) is 0 Å². The minimum absolute atomic E-state index is 0.222. The first-order valence-corrected chi connectivity index (χ1v) is 7.30. The Kier molecular flexibility index (Phi) is 4.83. The molecule has 0 aliphatic heterocycles. The summed E-state index contributed by atoms with van der Waals surface area (Å²) in [7, 11) is 1.63. The van der Waals surface area contributed by atoms with E-state index in [0.29, 0.717) is 11.0 Å². The highest BCUT2D eigenvalue weighted by Gasteiger charge is 2.14. The fourth-order valence-electron chi connectivity index (χ4n) is 1.87. The second kappa shape index (κ2) is 6.41. The van der Waals surface area contributed by atoms with Crippen molar-refractivity contribution in [2.75, 3.05) is 12.4 Å². The molecular weight excluding hydrogens is 342 g/mol. The minimum atomic E-state index is 0.222. The molecule has 0 atom stereocenters. The summed E-state index contributed by atoms with van der Waals surface area (Å²) in [6, 6.07) is 5.73. The van der Waals surface area contributed by atoms with Gasteiger partial charge in [-0.25, -0.2) is 9.97 Å². The number of anilines is 2. The van der Waals surface area contributed by atoms with Crippen LogP contribution < -0.4 is 10.1 Å². The Hall–Kier alpha value is -1.33. The molecule has 2 aromatic rings. The van der Waals surface area contributed by atoms with E-state index in [9.17, 15) is 0 Å². The van der Waals surface area contributed by atoms with E-state index >= 15 is 0 Å². The Balaban J connectivity index is 2.40. The van der Waals surface area contributed by atoms with Crippen molar-refractivity contribution in [3.05, 3.63) is 39.7 Å². The first-order valence-electron chi connectivity index (χ1n) is 6.13. The smallest absolute Gasteiger partial charge is 0.138 e. The molecule has 0 aliphatic carbocycles. The van der Waals surface area contributed by atoms with Gasteiger partial charge >= 0.3 is 0 Å². The van der Waals surface area contributed by atoms with Gasteiger partial charge in [-0.2, -0.15) is 0 Å². The lowest BCUT2D eigenvalue weighted by Crippen LogP contribution is -2.03. The second-order valence-electron chi connectivity index (χ2n) is 4.59. The maximum atomic E-state index is 6.16. The highest BCUT2D eigenvalue weighted by Crippen LogP contribution is 2.32. The Morgan fingerprint density at radius 3 is 2.65 bits per heavy atom. The van der Waals surface area contributed by atoms with E-state index in [1.165, 1.54) is 6.33 Å². The Morgan fingerprint density at radius 2 is 2.00 bits per heavy atom. The molecule has 1 aromatic heterocycles. The van der Waals surface area contributed by atoms with Gasteiger partial charge in [0.2, 0.25) is 0 Å². The topological polar surface area (TPSA) is 47.0 Å². The van der Waals surface area contributed by atoms with Gasteiger partial charge in [-0.05, 0) is 18.1 Å². The molecule has 0 bridgehead atoms. The lowest BCUT2D eigenvalue weighted by Gasteiger charge is -2.15. The van der Waals surface area contributed by atoms with Gasteiger partial charge in [-0.3, -0.25) is 0 Å². The molecular formula is C14H15BrClN3O. The van der Waals surface area contributed by atoms with Crippen LogP contribution in [0.25, 0.3) is 0 Å². The molecule has 1 heterocycles. The predicted octanol–water partition coefficient (Wildman–Crippen LogP) is 4.77. The Bertz CT molecular complexity index is 619. The molecule has 0 aliphatic rings. The second-order valence-corrected chi connectivity index (χ2v) is 5.86. The van der Waals surface area contributed by atoms with E-state index < -0.39 is 0 Å². The highest BCUT2D eigenvalue weighted by molar-refractivity contribution is 9.10. The molecule has 0 spiro atoms. The quantitative estimate of drug-likeness (QED) is 0.802. The average molecular weight is 357 g/mol. The van der Waals surface area contributed by atoms with E-state index in [-0.39, 0.29) is 5.92 Å². The normalized spacial score (nSPS) is 10.7. The van der Waals surface area contributed by atoms with Crippen LogP contribution in [0.2, 0.25) is 5.15 Å². The van der Waals surface area contributed by atoms with Gasteiger partial charge in [0.05, 0.1) is 7.11 Å². The zero-order valence-electron chi connectivity index (χ0n) is 11.4. The lowest BCUT2D eigenvalue weighted by atomic mass is 10.1. The fraction of sp³-hybridized carbons (Fsp3) is 0.286. The maximum Gasteiger partial charge on any atom is 0.138 e. The summed E-state index contributed by atoms with van der Waals surface area (Å²) >= 11 is 9.61. The van der Waals surface area contributed by atoms with Crippen LogP contribution in [-0.2, 0) is 0 Å². The third kappa shape index (κ3) is 3.41. The SMILES string of the molecule is COc1cc(Br)cc(Nc2ncnc(Cl)c2C(C)C)c1. The number of hydrogen-bond acceptors (Lipinski definition) is 4. The van der Waals surface area contributed by atoms with Gasteiger partial charge in [0, 0.05) is 21.8 Å². The standard InChI is InChI=1S/C14H15BrClN3O/c1-8(2)12-13(16)17-7-18-14(12)19-10-4-9(15)5-11(6-10)20-3/h4-8H,1-3H3,(H,17,18,19). The molecule has 2 rings (SSSR count). The van der Waals surface area contributed by atoms with Gasteiger partial charge in [-0.15, -0.1) is 0 Å². The van der Waals surface area contributed by atoms with E-state index in [1.807, 2.05) is 18.2 Å². The van der Waals surface area contributed by atoms with Crippen LogP contribution in [0.1, 0.15) is 25.3 Å². The molecule has 0 saturated carbocycles. The number of nitrogens with zero attached hydrogens (tertiary/aromatic N) is 2. The molecule has 0 unspecified atom stereocenters. The van der Waals surface area contributed by atoms with Gasteiger partial charge in [-0.1, -0.05) is 41.4 Å². The summed E-state index contributed by atoms with van der Waals surface area (Å²) in [5, 5.41) is 3.74. The van der Waals surface area contributed by atoms with E-state index in [2.05, 4.69) is 45.1 Å². The van der Waals surface area contributed by atoms with E-state index in [0.717, 1.165) is 21.5 Å². The molecule has 0 fully saturated rings. The molecule has 1 N–H and O–H groups in total. The summed E-state index contributed by atoms with van der Waals surface area (Å²) in [5.74, 6) is 1.69. The van der Waals surface area contributed by atoms with E-state index in [4.69, 9.17) is 16.3 Å². The molecule has 4 nitrogen and oxygen atoms in total. The van der Waals surface area contributed by atoms with Gasteiger partial charge in [0.25, 0.3) is 0 Å². The van der Waals surface area contributed by atoms with Crippen LogP contribution in [0.4, 0.5) is 11.5 Å². The van der Waals surface area contributed by atoms with Crippen molar-refractivity contribution in [2.24, 2.45) is 0 Å². The van der Waals surface area contributed by atoms with Crippen molar-refractivity contribution < 1.29 is 4.74 Å². The van der Waals surface area contributed by atoms with Gasteiger partial charge < -0.3 is 10.1 Å². The summed E-state index contributed by atoms with van der Waals surface area (Å²) in [4.78, 5) is 8.31. The molecule has 0 saturated heterocycles. The van der Waals surface area contributed by atoms with Crippen molar-refractivity contribution in [3.63, 3.8) is 0 Å². The molecule has 20 heavy (non-hydrogen) atoms. The van der Waals surface area contributed by atoms with Crippen LogP contribution in [0, 0.1) is 0 Å². The highest BCUT2D eigenvalue weighted by atomic mass is 79.9. The van der Waals surface area contributed by atoms with Crippen LogP contribution in [0.3, 0.4) is 0 Å². The molecule has 1 aromatic carbocycles. The summed E-state index contributed by atoms with van der Waals surface area (Å²) in [5.41, 5.74) is 1.76.